The van der Waals surface area contributed by atoms with Crippen LogP contribution >= 0.6 is 11.8 Å². The molecule has 128 valence electrons. The summed E-state index contributed by atoms with van der Waals surface area (Å²) in [6.07, 6.45) is 1.95. The van der Waals surface area contributed by atoms with Gasteiger partial charge in [-0.15, -0.1) is 5.10 Å². The number of hydrogen-bond donors (Lipinski definition) is 2. The van der Waals surface area contributed by atoms with Crippen LogP contribution < -0.4 is 5.32 Å². The second-order valence-corrected chi connectivity index (χ2v) is 6.58. The van der Waals surface area contributed by atoms with E-state index < -0.39 is 0 Å². The molecule has 1 fully saturated rings. The second-order valence-electron chi connectivity index (χ2n) is 5.63. The third-order valence-electron chi connectivity index (χ3n) is 3.80. The average molecular weight is 350 g/mol. The summed E-state index contributed by atoms with van der Waals surface area (Å²) in [5.41, 5.74) is 0.855. The van der Waals surface area contributed by atoms with Gasteiger partial charge in [-0.1, -0.05) is 23.9 Å². The fourth-order valence-corrected chi connectivity index (χ4v) is 3.12. The lowest BCUT2D eigenvalue weighted by Gasteiger charge is -2.13. The zero-order valence-corrected chi connectivity index (χ0v) is 14.1. The lowest BCUT2D eigenvalue weighted by atomic mass is 10.1. The van der Waals surface area contributed by atoms with Gasteiger partial charge in [0.25, 0.3) is 0 Å². The first-order valence-electron chi connectivity index (χ1n) is 7.83. The molecule has 1 aliphatic rings. The Morgan fingerprint density at radius 3 is 3.00 bits per heavy atom. The molecular formula is C16H19FN4O2S. The predicted molar refractivity (Wildman–Crippen MR) is 88.0 cm³/mol. The van der Waals surface area contributed by atoms with Gasteiger partial charge < -0.3 is 10.1 Å². The van der Waals surface area contributed by atoms with E-state index in [0.717, 1.165) is 30.8 Å². The summed E-state index contributed by atoms with van der Waals surface area (Å²) in [4.78, 5) is 16.4. The van der Waals surface area contributed by atoms with Gasteiger partial charge in [0.1, 0.15) is 11.9 Å². The summed E-state index contributed by atoms with van der Waals surface area (Å²) >= 11 is 1.27. The molecule has 0 unspecified atom stereocenters. The number of aromatic nitrogens is 3. The molecule has 1 aliphatic heterocycles. The molecule has 3 rings (SSSR count). The number of carbonyl (C=O) groups is 1. The van der Waals surface area contributed by atoms with Crippen LogP contribution in [0.3, 0.4) is 0 Å². The smallest absolute Gasteiger partial charge is 0.230 e. The zero-order chi connectivity index (χ0) is 16.9. The molecule has 0 aliphatic carbocycles. The minimum atomic E-state index is -0.292. The molecule has 2 atom stereocenters. The number of carbonyl (C=O) groups excluding carboxylic acids is 1. The van der Waals surface area contributed by atoms with Gasteiger partial charge >= 0.3 is 0 Å². The van der Waals surface area contributed by atoms with Crippen molar-refractivity contribution in [3.63, 3.8) is 0 Å². The molecule has 1 saturated heterocycles. The first-order valence-corrected chi connectivity index (χ1v) is 8.82. The topological polar surface area (TPSA) is 79.9 Å². The van der Waals surface area contributed by atoms with Gasteiger partial charge in [0.05, 0.1) is 11.8 Å². The van der Waals surface area contributed by atoms with E-state index in [4.69, 9.17) is 4.74 Å². The Hall–Kier alpha value is -1.93. The molecule has 2 N–H and O–H groups in total. The normalized spacial score (nSPS) is 18.5. The van der Waals surface area contributed by atoms with Crippen LogP contribution in [0.15, 0.2) is 29.4 Å². The number of thioether (sulfide) groups is 1. The number of aromatic amines is 1. The van der Waals surface area contributed by atoms with Crippen molar-refractivity contribution in [3.8, 4) is 0 Å². The molecule has 0 bridgehead atoms. The summed E-state index contributed by atoms with van der Waals surface area (Å²) in [5.74, 6) is 0.517. The number of H-pyrrole nitrogens is 1. The minimum Gasteiger partial charge on any atom is -0.370 e. The predicted octanol–water partition coefficient (Wildman–Crippen LogP) is 2.76. The Balaban J connectivity index is 1.47. The quantitative estimate of drug-likeness (QED) is 0.783. The van der Waals surface area contributed by atoms with E-state index in [1.165, 1.54) is 23.9 Å². The standard InChI is InChI=1S/C16H19FN4O2S/c1-10(11-4-6-12(17)7-5-11)18-14(22)9-24-16-19-15(20-21-16)13-3-2-8-23-13/h4-7,10,13H,2-3,8-9H2,1H3,(H,18,22)(H,19,20,21)/t10-,13-/m1/s1. The van der Waals surface area contributed by atoms with Gasteiger partial charge in [0, 0.05) is 6.61 Å². The van der Waals surface area contributed by atoms with Gasteiger partial charge in [-0.2, -0.15) is 0 Å². The van der Waals surface area contributed by atoms with Gasteiger partial charge in [0.2, 0.25) is 11.1 Å². The van der Waals surface area contributed by atoms with E-state index in [-0.39, 0.29) is 29.6 Å². The third-order valence-corrected chi connectivity index (χ3v) is 4.64. The molecule has 8 heteroatoms. The maximum Gasteiger partial charge on any atom is 0.230 e. The molecule has 1 aromatic carbocycles. The Bertz CT molecular complexity index is 686. The molecule has 2 aromatic rings. The number of hydrogen-bond acceptors (Lipinski definition) is 5. The van der Waals surface area contributed by atoms with Crippen LogP contribution in [0, 0.1) is 5.82 Å². The molecule has 6 nitrogen and oxygen atoms in total. The Labute approximate surface area is 143 Å². The van der Waals surface area contributed by atoms with E-state index in [1.54, 1.807) is 12.1 Å². The summed E-state index contributed by atoms with van der Waals surface area (Å²) in [6, 6.07) is 5.90. The van der Waals surface area contributed by atoms with Crippen LogP contribution in [0.25, 0.3) is 0 Å². The van der Waals surface area contributed by atoms with E-state index in [2.05, 4.69) is 20.5 Å². The van der Waals surface area contributed by atoms with Gasteiger partial charge in [-0.05, 0) is 37.5 Å². The first kappa shape index (κ1) is 16.9. The SMILES string of the molecule is C[C@@H](NC(=O)CSc1n[nH]c([C@H]2CCCO2)n1)c1ccc(F)cc1. The Morgan fingerprint density at radius 2 is 2.29 bits per heavy atom. The minimum absolute atomic E-state index is 0.0147. The van der Waals surface area contributed by atoms with Crippen molar-refractivity contribution in [2.75, 3.05) is 12.4 Å². The van der Waals surface area contributed by atoms with Crippen LogP contribution in [0.2, 0.25) is 0 Å². The van der Waals surface area contributed by atoms with Gasteiger partial charge in [0.15, 0.2) is 5.82 Å². The second kappa shape index (κ2) is 7.76. The number of nitrogens with zero attached hydrogens (tertiary/aromatic N) is 2. The largest absolute Gasteiger partial charge is 0.370 e. The highest BCUT2D eigenvalue weighted by Gasteiger charge is 2.21. The van der Waals surface area contributed by atoms with Crippen LogP contribution in [0.5, 0.6) is 0 Å². The van der Waals surface area contributed by atoms with E-state index in [9.17, 15) is 9.18 Å². The molecular weight excluding hydrogens is 331 g/mol. The van der Waals surface area contributed by atoms with Crippen LogP contribution in [0.1, 0.15) is 43.3 Å². The van der Waals surface area contributed by atoms with Crippen LogP contribution in [-0.4, -0.2) is 33.4 Å². The van der Waals surface area contributed by atoms with Gasteiger partial charge in [-0.25, -0.2) is 9.37 Å². The summed E-state index contributed by atoms with van der Waals surface area (Å²) in [5, 5.41) is 10.4. The van der Waals surface area contributed by atoms with Crippen molar-refractivity contribution in [2.45, 2.75) is 37.1 Å². The first-order chi connectivity index (χ1) is 11.6. The van der Waals surface area contributed by atoms with Crippen molar-refractivity contribution < 1.29 is 13.9 Å². The number of halogens is 1. The molecule has 1 aromatic heterocycles. The van der Waals surface area contributed by atoms with Crippen molar-refractivity contribution in [2.24, 2.45) is 0 Å². The van der Waals surface area contributed by atoms with Crippen molar-refractivity contribution in [1.82, 2.24) is 20.5 Å². The maximum atomic E-state index is 12.9. The van der Waals surface area contributed by atoms with E-state index >= 15 is 0 Å². The fourth-order valence-electron chi connectivity index (χ4n) is 2.51. The molecule has 1 amide bonds. The highest BCUT2D eigenvalue weighted by molar-refractivity contribution is 7.99. The van der Waals surface area contributed by atoms with Crippen molar-refractivity contribution >= 4 is 17.7 Å². The van der Waals surface area contributed by atoms with Crippen LogP contribution in [-0.2, 0) is 9.53 Å². The molecule has 2 heterocycles. The van der Waals surface area contributed by atoms with Crippen LogP contribution in [0.4, 0.5) is 4.39 Å². The Kier molecular flexibility index (Phi) is 5.47. The summed E-state index contributed by atoms with van der Waals surface area (Å²) < 4.78 is 18.5. The lowest BCUT2D eigenvalue weighted by Crippen LogP contribution is -2.28. The lowest BCUT2D eigenvalue weighted by molar-refractivity contribution is -0.119. The molecule has 0 radical (unpaired) electrons. The molecule has 24 heavy (non-hydrogen) atoms. The number of benzene rings is 1. The van der Waals surface area contributed by atoms with E-state index in [1.807, 2.05) is 6.92 Å². The summed E-state index contributed by atoms with van der Waals surface area (Å²) in [6.45, 7) is 2.61. The highest BCUT2D eigenvalue weighted by atomic mass is 32.2. The maximum absolute atomic E-state index is 12.9. The highest BCUT2D eigenvalue weighted by Crippen LogP contribution is 2.26. The Morgan fingerprint density at radius 1 is 1.50 bits per heavy atom. The number of nitrogens with one attached hydrogen (secondary N) is 2. The van der Waals surface area contributed by atoms with Crippen molar-refractivity contribution in [1.29, 1.82) is 0 Å². The van der Waals surface area contributed by atoms with Gasteiger partial charge in [-0.3, -0.25) is 9.89 Å². The monoisotopic (exact) mass is 350 g/mol. The molecule has 0 saturated carbocycles. The fraction of sp³-hybridized carbons (Fsp3) is 0.438. The number of rotatable bonds is 6. The molecule has 0 spiro atoms. The van der Waals surface area contributed by atoms with Crippen molar-refractivity contribution in [3.05, 3.63) is 41.5 Å². The van der Waals surface area contributed by atoms with E-state index in [0.29, 0.717) is 5.16 Å². The zero-order valence-electron chi connectivity index (χ0n) is 13.3. The summed E-state index contributed by atoms with van der Waals surface area (Å²) in [7, 11) is 0. The third kappa shape index (κ3) is 4.33. The average Bonchev–Trinajstić information content (AvgIpc) is 3.25. The number of amides is 1. The number of ether oxygens (including phenoxy) is 1.